The number of sulfonamides is 1. The number of hydrogen-bond donors (Lipinski definition) is 2. The Hall–Kier alpha value is -3.92. The number of rotatable bonds is 9. The minimum atomic E-state index is -4.19. The first-order chi connectivity index (χ1) is 18.6. The van der Waals surface area contributed by atoms with Crippen LogP contribution in [0.1, 0.15) is 21.5 Å². The molecule has 0 aliphatic carbocycles. The number of nitrogens with zero attached hydrogens (tertiary/aromatic N) is 2. The average molecular weight is 583 g/mol. The van der Waals surface area contributed by atoms with E-state index in [-0.39, 0.29) is 38.4 Å². The molecule has 39 heavy (non-hydrogen) atoms. The molecule has 0 spiro atoms. The molecular formula is C28H24Cl2N4O4S. The predicted molar refractivity (Wildman–Crippen MR) is 153 cm³/mol. The van der Waals surface area contributed by atoms with Crippen molar-refractivity contribution in [3.8, 4) is 0 Å². The highest BCUT2D eigenvalue weighted by atomic mass is 35.5. The van der Waals surface area contributed by atoms with Crippen molar-refractivity contribution in [2.75, 3.05) is 16.2 Å². The van der Waals surface area contributed by atoms with Gasteiger partial charge in [0.25, 0.3) is 15.9 Å². The van der Waals surface area contributed by atoms with Crippen LogP contribution in [0.2, 0.25) is 10.0 Å². The van der Waals surface area contributed by atoms with Gasteiger partial charge in [0.15, 0.2) is 0 Å². The van der Waals surface area contributed by atoms with Crippen LogP contribution in [0.4, 0.5) is 11.4 Å². The first-order valence-electron chi connectivity index (χ1n) is 11.7. The highest BCUT2D eigenvalue weighted by Crippen LogP contribution is 2.30. The number of carbonyl (C=O) groups is 2. The van der Waals surface area contributed by atoms with Gasteiger partial charge in [-0.1, -0.05) is 59.1 Å². The molecule has 4 rings (SSSR count). The average Bonchev–Trinajstić information content (AvgIpc) is 2.91. The van der Waals surface area contributed by atoms with Crippen LogP contribution in [-0.2, 0) is 21.4 Å². The van der Waals surface area contributed by atoms with Crippen LogP contribution >= 0.6 is 23.2 Å². The Morgan fingerprint density at radius 1 is 0.923 bits per heavy atom. The minimum Gasteiger partial charge on any atom is -0.348 e. The minimum absolute atomic E-state index is 0.00724. The van der Waals surface area contributed by atoms with E-state index in [4.69, 9.17) is 23.2 Å². The van der Waals surface area contributed by atoms with Gasteiger partial charge in [-0.3, -0.25) is 18.9 Å². The first kappa shape index (κ1) is 28.1. The van der Waals surface area contributed by atoms with Crippen molar-refractivity contribution < 1.29 is 18.0 Å². The molecule has 200 valence electrons. The predicted octanol–water partition coefficient (Wildman–Crippen LogP) is 5.46. The third kappa shape index (κ3) is 7.14. The lowest BCUT2D eigenvalue weighted by atomic mass is 10.1. The number of aryl methyl sites for hydroxylation is 1. The van der Waals surface area contributed by atoms with Crippen LogP contribution in [0.3, 0.4) is 0 Å². The summed E-state index contributed by atoms with van der Waals surface area (Å²) in [4.78, 5) is 30.1. The molecule has 0 aliphatic heterocycles. The van der Waals surface area contributed by atoms with Gasteiger partial charge in [-0.15, -0.1) is 0 Å². The number of amides is 2. The Labute approximate surface area is 236 Å². The molecule has 0 aliphatic rings. The molecule has 2 amide bonds. The van der Waals surface area contributed by atoms with Gasteiger partial charge in [-0.25, -0.2) is 8.42 Å². The third-order valence-corrected chi connectivity index (χ3v) is 7.88. The molecule has 4 aromatic rings. The zero-order chi connectivity index (χ0) is 28.0. The quantitative estimate of drug-likeness (QED) is 0.272. The van der Waals surface area contributed by atoms with Gasteiger partial charge in [0.05, 0.1) is 21.8 Å². The van der Waals surface area contributed by atoms with Crippen molar-refractivity contribution in [2.45, 2.75) is 18.4 Å². The van der Waals surface area contributed by atoms with E-state index in [0.717, 1.165) is 15.4 Å². The Morgan fingerprint density at radius 2 is 1.62 bits per heavy atom. The van der Waals surface area contributed by atoms with Gasteiger partial charge in [-0.2, -0.15) is 0 Å². The van der Waals surface area contributed by atoms with Gasteiger partial charge < -0.3 is 10.6 Å². The lowest BCUT2D eigenvalue weighted by Crippen LogP contribution is -2.38. The molecule has 11 heteroatoms. The fraction of sp³-hybridized carbons (Fsp3) is 0.107. The van der Waals surface area contributed by atoms with Crippen LogP contribution in [-0.4, -0.2) is 31.8 Å². The van der Waals surface area contributed by atoms with Gasteiger partial charge >= 0.3 is 0 Å². The topological polar surface area (TPSA) is 108 Å². The molecule has 0 fully saturated rings. The Bertz CT molecular complexity index is 1580. The number of nitrogens with one attached hydrogen (secondary N) is 2. The van der Waals surface area contributed by atoms with E-state index in [2.05, 4.69) is 15.6 Å². The van der Waals surface area contributed by atoms with E-state index in [1.54, 1.807) is 54.9 Å². The van der Waals surface area contributed by atoms with Crippen LogP contribution in [0.25, 0.3) is 0 Å². The zero-order valence-corrected chi connectivity index (χ0v) is 23.1. The molecule has 0 bridgehead atoms. The van der Waals surface area contributed by atoms with E-state index in [1.165, 1.54) is 30.3 Å². The summed E-state index contributed by atoms with van der Waals surface area (Å²) in [5.74, 6) is -1.09. The molecular weight excluding hydrogens is 559 g/mol. The number of hydrogen-bond acceptors (Lipinski definition) is 5. The normalized spacial score (nSPS) is 11.1. The molecule has 0 unspecified atom stereocenters. The molecule has 0 saturated heterocycles. The first-order valence-corrected chi connectivity index (χ1v) is 13.9. The van der Waals surface area contributed by atoms with Gasteiger partial charge in [0.2, 0.25) is 5.91 Å². The number of benzene rings is 3. The maximum atomic E-state index is 13.6. The number of pyridine rings is 1. The number of carbonyl (C=O) groups excluding carboxylic acids is 2. The summed E-state index contributed by atoms with van der Waals surface area (Å²) in [7, 11) is -4.19. The summed E-state index contributed by atoms with van der Waals surface area (Å²) in [5, 5.41) is 5.87. The van der Waals surface area contributed by atoms with Crippen LogP contribution < -0.4 is 14.9 Å². The SMILES string of the molecule is Cc1ccc(S(=O)(=O)N(CC(=O)Nc2ccccc2C(=O)NCc2cccnc2)c2cc(Cl)cc(Cl)c2)cc1. The molecule has 1 heterocycles. The molecule has 3 aromatic carbocycles. The highest BCUT2D eigenvalue weighted by molar-refractivity contribution is 7.92. The fourth-order valence-corrected chi connectivity index (χ4v) is 5.65. The zero-order valence-electron chi connectivity index (χ0n) is 20.8. The van der Waals surface area contributed by atoms with Crippen molar-refractivity contribution in [2.24, 2.45) is 0 Å². The third-order valence-electron chi connectivity index (χ3n) is 5.65. The van der Waals surface area contributed by atoms with Crippen molar-refractivity contribution in [1.82, 2.24) is 10.3 Å². The van der Waals surface area contributed by atoms with Crippen LogP contribution in [0.5, 0.6) is 0 Å². The Balaban J connectivity index is 1.59. The maximum Gasteiger partial charge on any atom is 0.264 e. The maximum absolute atomic E-state index is 13.6. The van der Waals surface area contributed by atoms with Gasteiger partial charge in [0, 0.05) is 29.0 Å². The largest absolute Gasteiger partial charge is 0.348 e. The molecule has 1 aromatic heterocycles. The summed E-state index contributed by atoms with van der Waals surface area (Å²) >= 11 is 12.3. The monoisotopic (exact) mass is 582 g/mol. The second-order valence-electron chi connectivity index (χ2n) is 8.59. The standard InChI is InChI=1S/C28H24Cl2N4O4S/c1-19-8-10-24(11-9-19)39(37,38)34(23-14-21(29)13-22(30)15-23)18-27(35)33-26-7-3-2-6-25(26)28(36)32-17-20-5-4-12-31-16-20/h2-16H,17-18H2,1H3,(H,32,36)(H,33,35). The lowest BCUT2D eigenvalue weighted by molar-refractivity contribution is -0.114. The number of para-hydroxylation sites is 1. The Kier molecular flexibility index (Phi) is 8.86. The summed E-state index contributed by atoms with van der Waals surface area (Å²) < 4.78 is 28.2. The van der Waals surface area contributed by atoms with E-state index < -0.39 is 28.4 Å². The lowest BCUT2D eigenvalue weighted by Gasteiger charge is -2.25. The summed E-state index contributed by atoms with van der Waals surface area (Å²) in [6.07, 6.45) is 3.27. The van der Waals surface area contributed by atoms with Gasteiger partial charge in [-0.05, 0) is 61.0 Å². The van der Waals surface area contributed by atoms with E-state index in [0.29, 0.717) is 0 Å². The molecule has 0 atom stereocenters. The molecule has 8 nitrogen and oxygen atoms in total. The summed E-state index contributed by atoms with van der Waals surface area (Å²) in [5.41, 5.74) is 2.24. The van der Waals surface area contributed by atoms with Crippen molar-refractivity contribution in [3.63, 3.8) is 0 Å². The fourth-order valence-electron chi connectivity index (χ4n) is 3.73. The number of aromatic nitrogens is 1. The van der Waals surface area contributed by atoms with Gasteiger partial charge in [0.1, 0.15) is 6.54 Å². The smallest absolute Gasteiger partial charge is 0.264 e. The van der Waals surface area contributed by atoms with Crippen LogP contribution in [0.15, 0.2) is 96.2 Å². The summed E-state index contributed by atoms with van der Waals surface area (Å²) in [6, 6.07) is 20.6. The molecule has 2 N–H and O–H groups in total. The van der Waals surface area contributed by atoms with Crippen molar-refractivity contribution >= 4 is 56.4 Å². The van der Waals surface area contributed by atoms with Crippen molar-refractivity contribution in [3.05, 3.63) is 118 Å². The van der Waals surface area contributed by atoms with E-state index >= 15 is 0 Å². The molecule has 0 saturated carbocycles. The number of anilines is 2. The van der Waals surface area contributed by atoms with Crippen molar-refractivity contribution in [1.29, 1.82) is 0 Å². The second kappa shape index (κ2) is 12.3. The van der Waals surface area contributed by atoms with E-state index in [1.807, 2.05) is 13.0 Å². The number of halogens is 2. The summed E-state index contributed by atoms with van der Waals surface area (Å²) in [6.45, 7) is 1.48. The van der Waals surface area contributed by atoms with Crippen LogP contribution in [0, 0.1) is 6.92 Å². The highest BCUT2D eigenvalue weighted by Gasteiger charge is 2.28. The van der Waals surface area contributed by atoms with E-state index in [9.17, 15) is 18.0 Å². The molecule has 0 radical (unpaired) electrons. The Morgan fingerprint density at radius 3 is 2.28 bits per heavy atom. The second-order valence-corrected chi connectivity index (χ2v) is 11.3.